The van der Waals surface area contributed by atoms with Gasteiger partial charge in [-0.2, -0.15) is 0 Å². The summed E-state index contributed by atoms with van der Waals surface area (Å²) in [4.78, 5) is 24.1. The molecular weight excluding hydrogens is 366 g/mol. The lowest BCUT2D eigenvalue weighted by molar-refractivity contribution is 0.0993. The van der Waals surface area contributed by atoms with Gasteiger partial charge < -0.3 is 9.15 Å². The highest BCUT2D eigenvalue weighted by Gasteiger charge is 2.14. The van der Waals surface area contributed by atoms with Crippen molar-refractivity contribution in [1.29, 1.82) is 0 Å². The maximum atomic E-state index is 12.1. The fourth-order valence-corrected chi connectivity index (χ4v) is 2.58. The maximum absolute atomic E-state index is 12.1. The van der Waals surface area contributed by atoms with Gasteiger partial charge in [0.15, 0.2) is 5.76 Å². The maximum Gasteiger partial charge on any atom is 0.293 e. The van der Waals surface area contributed by atoms with Crippen molar-refractivity contribution in [1.82, 2.24) is 10.2 Å². The zero-order valence-corrected chi connectivity index (χ0v) is 14.6. The third-order valence-corrected chi connectivity index (χ3v) is 4.08. The first-order chi connectivity index (χ1) is 12.0. The highest BCUT2D eigenvalue weighted by atomic mass is 35.5. The van der Waals surface area contributed by atoms with Gasteiger partial charge in [0, 0.05) is 11.1 Å². The second kappa shape index (κ2) is 7.45. The van der Waals surface area contributed by atoms with Crippen LogP contribution in [0.5, 0.6) is 5.75 Å². The number of amides is 1. The lowest BCUT2D eigenvalue weighted by atomic mass is 10.2. The van der Waals surface area contributed by atoms with Gasteiger partial charge in [-0.15, -0.1) is 10.2 Å². The standard InChI is InChI=1S/C16H12ClN3O4S/c1-9-19-20-16(25-9)18-15(22)13-6-12(21)14(8-24-13)23-7-10-2-4-11(17)5-3-10/h2-6,8H,7H2,1H3,(H,18,20,22). The minimum Gasteiger partial charge on any atom is -0.482 e. The highest BCUT2D eigenvalue weighted by molar-refractivity contribution is 7.15. The minimum atomic E-state index is -0.586. The van der Waals surface area contributed by atoms with Crippen LogP contribution in [0.3, 0.4) is 0 Å². The molecule has 9 heteroatoms. The lowest BCUT2D eigenvalue weighted by Crippen LogP contribution is -2.15. The first kappa shape index (κ1) is 17.1. The number of anilines is 1. The number of rotatable bonds is 5. The van der Waals surface area contributed by atoms with Crippen molar-refractivity contribution in [3.8, 4) is 5.75 Å². The van der Waals surface area contributed by atoms with E-state index in [-0.39, 0.29) is 18.1 Å². The Kier molecular flexibility index (Phi) is 5.11. The smallest absolute Gasteiger partial charge is 0.293 e. The van der Waals surface area contributed by atoms with Crippen LogP contribution >= 0.6 is 22.9 Å². The van der Waals surface area contributed by atoms with E-state index in [0.717, 1.165) is 17.9 Å². The van der Waals surface area contributed by atoms with Crippen LogP contribution in [0.1, 0.15) is 21.1 Å². The molecule has 0 aliphatic rings. The molecule has 0 radical (unpaired) electrons. The molecule has 1 aromatic carbocycles. The van der Waals surface area contributed by atoms with E-state index in [0.29, 0.717) is 15.2 Å². The third kappa shape index (κ3) is 4.43. The third-order valence-electron chi connectivity index (χ3n) is 3.08. The van der Waals surface area contributed by atoms with Gasteiger partial charge in [-0.3, -0.25) is 14.9 Å². The second-order valence-electron chi connectivity index (χ2n) is 4.97. The monoisotopic (exact) mass is 377 g/mol. The molecule has 0 bridgehead atoms. The van der Waals surface area contributed by atoms with Crippen LogP contribution in [0.4, 0.5) is 5.13 Å². The van der Waals surface area contributed by atoms with Crippen LogP contribution in [-0.2, 0) is 6.61 Å². The van der Waals surface area contributed by atoms with Crippen LogP contribution in [0.2, 0.25) is 5.02 Å². The average Bonchev–Trinajstić information content (AvgIpc) is 3.00. The van der Waals surface area contributed by atoms with E-state index in [2.05, 4.69) is 15.5 Å². The van der Waals surface area contributed by atoms with E-state index in [4.69, 9.17) is 20.8 Å². The molecule has 2 aromatic heterocycles. The van der Waals surface area contributed by atoms with Crippen LogP contribution in [0.15, 0.2) is 45.8 Å². The molecule has 128 valence electrons. The predicted octanol–water partition coefficient (Wildman–Crippen LogP) is 3.28. The van der Waals surface area contributed by atoms with Crippen LogP contribution in [0, 0.1) is 6.92 Å². The van der Waals surface area contributed by atoms with Crippen LogP contribution in [0.25, 0.3) is 0 Å². The summed E-state index contributed by atoms with van der Waals surface area (Å²) in [6.07, 6.45) is 1.11. The number of nitrogens with one attached hydrogen (secondary N) is 1. The second-order valence-corrected chi connectivity index (χ2v) is 6.59. The van der Waals surface area contributed by atoms with Crippen LogP contribution < -0.4 is 15.5 Å². The molecule has 3 rings (SSSR count). The van der Waals surface area contributed by atoms with Gasteiger partial charge >= 0.3 is 0 Å². The molecule has 1 amide bonds. The van der Waals surface area contributed by atoms with Gasteiger partial charge in [0.1, 0.15) is 17.9 Å². The quantitative estimate of drug-likeness (QED) is 0.733. The van der Waals surface area contributed by atoms with Gasteiger partial charge in [-0.05, 0) is 24.6 Å². The Bertz CT molecular complexity index is 953. The molecule has 3 aromatic rings. The summed E-state index contributed by atoms with van der Waals surface area (Å²) in [7, 11) is 0. The first-order valence-corrected chi connectivity index (χ1v) is 8.32. The number of hydrogen-bond acceptors (Lipinski definition) is 7. The lowest BCUT2D eigenvalue weighted by Gasteiger charge is -2.06. The number of aryl methyl sites for hydroxylation is 1. The number of nitrogens with zero attached hydrogens (tertiary/aromatic N) is 2. The molecule has 0 atom stereocenters. The Morgan fingerprint density at radius 1 is 1.32 bits per heavy atom. The number of carbonyl (C=O) groups excluding carboxylic acids is 1. The Hall–Kier alpha value is -2.71. The molecule has 0 spiro atoms. The molecule has 0 fully saturated rings. The van der Waals surface area contributed by atoms with E-state index in [1.165, 1.54) is 11.3 Å². The SMILES string of the molecule is Cc1nnc(NC(=O)c2cc(=O)c(OCc3ccc(Cl)cc3)co2)s1. The Morgan fingerprint density at radius 3 is 2.72 bits per heavy atom. The zero-order valence-electron chi connectivity index (χ0n) is 13.0. The number of benzene rings is 1. The van der Waals surface area contributed by atoms with E-state index in [1.54, 1.807) is 31.2 Å². The van der Waals surface area contributed by atoms with Gasteiger partial charge in [-0.1, -0.05) is 35.1 Å². The number of aromatic nitrogens is 2. The van der Waals surface area contributed by atoms with Gasteiger partial charge in [0.05, 0.1) is 0 Å². The average molecular weight is 378 g/mol. The van der Waals surface area contributed by atoms with Crippen molar-refractivity contribution in [2.75, 3.05) is 5.32 Å². The largest absolute Gasteiger partial charge is 0.482 e. The van der Waals surface area contributed by atoms with E-state index < -0.39 is 11.3 Å². The number of halogens is 1. The van der Waals surface area contributed by atoms with Gasteiger partial charge in [0.2, 0.25) is 16.3 Å². The van der Waals surface area contributed by atoms with Crippen molar-refractivity contribution in [3.05, 3.63) is 68.2 Å². The topological polar surface area (TPSA) is 94.3 Å². The van der Waals surface area contributed by atoms with Gasteiger partial charge in [0.25, 0.3) is 5.91 Å². The fraction of sp³-hybridized carbons (Fsp3) is 0.125. The van der Waals surface area contributed by atoms with E-state index in [9.17, 15) is 9.59 Å². The Balaban J connectivity index is 1.66. The van der Waals surface area contributed by atoms with Crippen molar-refractivity contribution < 1.29 is 13.9 Å². The molecule has 0 saturated heterocycles. The summed E-state index contributed by atoms with van der Waals surface area (Å²) in [5.74, 6) is -0.715. The Morgan fingerprint density at radius 2 is 2.08 bits per heavy atom. The molecular formula is C16H12ClN3O4S. The summed E-state index contributed by atoms with van der Waals surface area (Å²) in [5, 5.41) is 11.7. The molecule has 1 N–H and O–H groups in total. The molecule has 2 heterocycles. The zero-order chi connectivity index (χ0) is 17.8. The molecule has 25 heavy (non-hydrogen) atoms. The van der Waals surface area contributed by atoms with Gasteiger partial charge in [-0.25, -0.2) is 0 Å². The summed E-state index contributed by atoms with van der Waals surface area (Å²) < 4.78 is 10.6. The molecule has 7 nitrogen and oxygen atoms in total. The minimum absolute atomic E-state index is 0.0123. The summed E-state index contributed by atoms with van der Waals surface area (Å²) in [6, 6.07) is 8.10. The predicted molar refractivity (Wildman–Crippen MR) is 93.4 cm³/mol. The molecule has 0 unspecified atom stereocenters. The first-order valence-electron chi connectivity index (χ1n) is 7.13. The Labute approximate surface area is 151 Å². The van der Waals surface area contributed by atoms with E-state index in [1.807, 2.05) is 0 Å². The summed E-state index contributed by atoms with van der Waals surface area (Å²) in [5.41, 5.74) is 0.385. The fourth-order valence-electron chi connectivity index (χ4n) is 1.87. The summed E-state index contributed by atoms with van der Waals surface area (Å²) in [6.45, 7) is 1.94. The van der Waals surface area contributed by atoms with Crippen LogP contribution in [-0.4, -0.2) is 16.1 Å². The number of hydrogen-bond donors (Lipinski definition) is 1. The summed E-state index contributed by atoms with van der Waals surface area (Å²) >= 11 is 7.03. The van der Waals surface area contributed by atoms with Crippen molar-refractivity contribution in [3.63, 3.8) is 0 Å². The molecule has 0 aliphatic heterocycles. The normalized spacial score (nSPS) is 10.5. The number of ether oxygens (including phenoxy) is 1. The van der Waals surface area contributed by atoms with Crippen molar-refractivity contribution in [2.45, 2.75) is 13.5 Å². The highest BCUT2D eigenvalue weighted by Crippen LogP contribution is 2.16. The van der Waals surface area contributed by atoms with E-state index >= 15 is 0 Å². The van der Waals surface area contributed by atoms with Crippen molar-refractivity contribution >= 4 is 34.0 Å². The molecule has 0 aliphatic carbocycles. The van der Waals surface area contributed by atoms with Crippen molar-refractivity contribution in [2.24, 2.45) is 0 Å². The number of carbonyl (C=O) groups is 1. The molecule has 0 saturated carbocycles.